The molecule has 1 N–H and O–H groups in total. The number of piperazine rings is 1. The molecule has 1 atom stereocenters. The molecule has 1 heterocycles. The lowest BCUT2D eigenvalue weighted by Gasteiger charge is -2.40. The predicted octanol–water partition coefficient (Wildman–Crippen LogP) is 2.38. The monoisotopic (exact) mass is 392 g/mol. The van der Waals surface area contributed by atoms with Crippen LogP contribution in [-0.4, -0.2) is 58.3 Å². The lowest BCUT2D eigenvalue weighted by molar-refractivity contribution is -0.393. The normalized spacial score (nSPS) is 18.6. The predicted molar refractivity (Wildman–Crippen MR) is 89.7 cm³/mol. The Morgan fingerprint density at radius 1 is 1.26 bits per heavy atom. The Morgan fingerprint density at radius 3 is 2.33 bits per heavy atom. The second-order valence-corrected chi connectivity index (χ2v) is 6.43. The molecule has 1 saturated heterocycles. The van der Waals surface area contributed by atoms with Crippen molar-refractivity contribution in [2.24, 2.45) is 0 Å². The minimum atomic E-state index is -4.38. The Bertz CT molecular complexity index is 756. The maximum Gasteiger partial charge on any atom is 0.401 e. The van der Waals surface area contributed by atoms with E-state index in [1.807, 2.05) is 0 Å². The Kier molecular flexibility index (Phi) is 5.90. The molecule has 150 valence electrons. The van der Waals surface area contributed by atoms with E-state index in [2.05, 4.69) is 0 Å². The van der Waals surface area contributed by atoms with Gasteiger partial charge in [-0.05, 0) is 19.4 Å². The van der Waals surface area contributed by atoms with Crippen LogP contribution in [0.1, 0.15) is 18.1 Å². The van der Waals surface area contributed by atoms with Crippen molar-refractivity contribution in [2.45, 2.75) is 32.7 Å². The smallest absolute Gasteiger partial charge is 0.392 e. The zero-order chi connectivity index (χ0) is 20.5. The van der Waals surface area contributed by atoms with Gasteiger partial charge in [0.1, 0.15) is 0 Å². The third kappa shape index (κ3) is 4.45. The van der Waals surface area contributed by atoms with Gasteiger partial charge in [0.25, 0.3) is 5.69 Å². The summed E-state index contributed by atoms with van der Waals surface area (Å²) in [7, 11) is 0. The van der Waals surface area contributed by atoms with Gasteiger partial charge in [0.05, 0.1) is 23.0 Å². The number of hydrogen-bond donors (Lipinski definition) is 1. The van der Waals surface area contributed by atoms with Crippen LogP contribution in [0.4, 0.5) is 30.2 Å². The fourth-order valence-corrected chi connectivity index (χ4v) is 3.29. The minimum absolute atomic E-state index is 0.0278. The number of nitro benzene ring substituents is 2. The van der Waals surface area contributed by atoms with Gasteiger partial charge in [0.15, 0.2) is 5.69 Å². The second kappa shape index (κ2) is 7.64. The molecule has 0 aliphatic carbocycles. The summed E-state index contributed by atoms with van der Waals surface area (Å²) in [5.74, 6) is 0. The Hall–Kier alpha value is -2.47. The van der Waals surface area contributed by atoms with Gasteiger partial charge in [0.2, 0.25) is 0 Å². The van der Waals surface area contributed by atoms with E-state index in [0.717, 1.165) is 6.07 Å². The van der Waals surface area contributed by atoms with E-state index in [0.29, 0.717) is 0 Å². The van der Waals surface area contributed by atoms with Crippen molar-refractivity contribution in [2.75, 3.05) is 31.1 Å². The molecule has 1 unspecified atom stereocenters. The molecule has 1 aromatic carbocycles. The van der Waals surface area contributed by atoms with E-state index in [1.54, 1.807) is 0 Å². The maximum atomic E-state index is 12.7. The first kappa shape index (κ1) is 20.8. The molecule has 1 aliphatic heterocycles. The molecule has 0 amide bonds. The SMILES string of the molecule is Cc1c(CO)cc([N+](=O)[O-])c(N2CCN(CC(F)(F)F)C(C)C2)c1[N+](=O)[O-]. The number of nitro groups is 2. The average Bonchev–Trinajstić information content (AvgIpc) is 2.54. The number of hydrogen-bond acceptors (Lipinski definition) is 7. The number of benzene rings is 1. The number of rotatable bonds is 5. The molecule has 0 radical (unpaired) electrons. The highest BCUT2D eigenvalue weighted by Gasteiger charge is 2.39. The van der Waals surface area contributed by atoms with Crippen molar-refractivity contribution in [1.82, 2.24) is 4.90 Å². The summed E-state index contributed by atoms with van der Waals surface area (Å²) in [6.07, 6.45) is -4.38. The summed E-state index contributed by atoms with van der Waals surface area (Å²) in [5, 5.41) is 32.4. The highest BCUT2D eigenvalue weighted by molar-refractivity contribution is 5.79. The average molecular weight is 392 g/mol. The van der Waals surface area contributed by atoms with Gasteiger partial charge in [-0.3, -0.25) is 25.1 Å². The van der Waals surface area contributed by atoms with Crippen LogP contribution in [-0.2, 0) is 6.61 Å². The van der Waals surface area contributed by atoms with E-state index in [9.17, 15) is 38.5 Å². The van der Waals surface area contributed by atoms with Gasteiger partial charge in [-0.15, -0.1) is 0 Å². The summed E-state index contributed by atoms with van der Waals surface area (Å²) in [6, 6.07) is 0.460. The van der Waals surface area contributed by atoms with Gasteiger partial charge >= 0.3 is 11.9 Å². The molecule has 1 aliphatic rings. The highest BCUT2D eigenvalue weighted by Crippen LogP contribution is 2.42. The van der Waals surface area contributed by atoms with E-state index in [1.165, 1.54) is 23.6 Å². The van der Waals surface area contributed by atoms with Crippen molar-refractivity contribution in [3.63, 3.8) is 0 Å². The molecule has 12 heteroatoms. The molecular formula is C15H19F3N4O5. The standard InChI is InChI=1S/C15H19F3N4O5/c1-9-6-19(3-4-20(9)8-15(16,17)18)14-12(21(24)25)5-11(7-23)10(2)13(14)22(26)27/h5,9,23H,3-4,6-8H2,1-2H3. The number of nitrogens with zero attached hydrogens (tertiary/aromatic N) is 4. The fourth-order valence-electron chi connectivity index (χ4n) is 3.29. The van der Waals surface area contributed by atoms with Gasteiger partial charge in [0, 0.05) is 37.3 Å². The summed E-state index contributed by atoms with van der Waals surface area (Å²) < 4.78 is 38.0. The van der Waals surface area contributed by atoms with Crippen molar-refractivity contribution in [3.05, 3.63) is 37.4 Å². The van der Waals surface area contributed by atoms with Crippen LogP contribution in [0.5, 0.6) is 0 Å². The summed E-state index contributed by atoms with van der Waals surface area (Å²) in [6.45, 7) is 1.08. The van der Waals surface area contributed by atoms with Gasteiger partial charge in [-0.1, -0.05) is 0 Å². The van der Waals surface area contributed by atoms with Crippen LogP contribution in [0.25, 0.3) is 0 Å². The fraction of sp³-hybridized carbons (Fsp3) is 0.600. The number of halogens is 3. The Balaban J connectivity index is 2.48. The van der Waals surface area contributed by atoms with Crippen molar-refractivity contribution >= 4 is 17.1 Å². The first-order chi connectivity index (χ1) is 12.5. The van der Waals surface area contributed by atoms with Gasteiger partial charge in [-0.2, -0.15) is 13.2 Å². The first-order valence-electron chi connectivity index (χ1n) is 8.08. The van der Waals surface area contributed by atoms with Crippen LogP contribution in [0.15, 0.2) is 6.07 Å². The third-order valence-corrected chi connectivity index (χ3v) is 4.63. The lowest BCUT2D eigenvalue weighted by Crippen LogP contribution is -2.54. The van der Waals surface area contributed by atoms with Gasteiger partial charge in [-0.25, -0.2) is 0 Å². The Labute approximate surface area is 152 Å². The molecule has 27 heavy (non-hydrogen) atoms. The molecule has 2 rings (SSSR count). The van der Waals surface area contributed by atoms with Crippen molar-refractivity contribution in [1.29, 1.82) is 0 Å². The molecular weight excluding hydrogens is 373 g/mol. The second-order valence-electron chi connectivity index (χ2n) is 6.43. The molecule has 1 aromatic rings. The first-order valence-corrected chi connectivity index (χ1v) is 8.08. The summed E-state index contributed by atoms with van der Waals surface area (Å²) in [5.41, 5.74) is -1.15. The lowest BCUT2D eigenvalue weighted by atomic mass is 10.0. The van der Waals surface area contributed by atoms with Gasteiger partial charge < -0.3 is 10.0 Å². The van der Waals surface area contributed by atoms with E-state index in [4.69, 9.17) is 0 Å². The van der Waals surface area contributed by atoms with E-state index >= 15 is 0 Å². The third-order valence-electron chi connectivity index (χ3n) is 4.63. The quantitative estimate of drug-likeness (QED) is 0.605. The Morgan fingerprint density at radius 2 is 1.89 bits per heavy atom. The van der Waals surface area contributed by atoms with Crippen molar-refractivity contribution < 1.29 is 28.1 Å². The highest BCUT2D eigenvalue weighted by atomic mass is 19.4. The van der Waals surface area contributed by atoms with Crippen molar-refractivity contribution in [3.8, 4) is 0 Å². The van der Waals surface area contributed by atoms with Crippen LogP contribution < -0.4 is 4.90 Å². The zero-order valence-electron chi connectivity index (χ0n) is 14.7. The van der Waals surface area contributed by atoms with Crippen LogP contribution in [0.2, 0.25) is 0 Å². The van der Waals surface area contributed by atoms with E-state index < -0.39 is 46.6 Å². The minimum Gasteiger partial charge on any atom is -0.392 e. The van der Waals surface area contributed by atoms with Crippen LogP contribution in [0.3, 0.4) is 0 Å². The van der Waals surface area contributed by atoms with Crippen LogP contribution in [0, 0.1) is 27.2 Å². The van der Waals surface area contributed by atoms with Crippen LogP contribution >= 0.6 is 0 Å². The molecule has 1 fully saturated rings. The summed E-state index contributed by atoms with van der Waals surface area (Å²) >= 11 is 0. The number of alkyl halides is 3. The number of anilines is 1. The molecule has 0 bridgehead atoms. The maximum absolute atomic E-state index is 12.7. The number of aliphatic hydroxyl groups excluding tert-OH is 1. The molecule has 0 saturated carbocycles. The number of aliphatic hydroxyl groups is 1. The topological polar surface area (TPSA) is 113 Å². The van der Waals surface area contributed by atoms with E-state index in [-0.39, 0.29) is 36.4 Å². The molecule has 9 nitrogen and oxygen atoms in total. The molecule has 0 spiro atoms. The molecule has 0 aromatic heterocycles. The largest absolute Gasteiger partial charge is 0.401 e. The zero-order valence-corrected chi connectivity index (χ0v) is 14.7. The summed E-state index contributed by atoms with van der Waals surface area (Å²) in [4.78, 5) is 24.1.